The Labute approximate surface area is 175 Å². The number of hydrogen-bond acceptors (Lipinski definition) is 4. The van der Waals surface area contributed by atoms with Crippen LogP contribution >= 0.6 is 0 Å². The van der Waals surface area contributed by atoms with E-state index in [0.29, 0.717) is 11.3 Å². The van der Waals surface area contributed by atoms with Gasteiger partial charge in [-0.2, -0.15) is 0 Å². The van der Waals surface area contributed by atoms with Gasteiger partial charge in [0.25, 0.3) is 0 Å². The van der Waals surface area contributed by atoms with E-state index in [1.54, 1.807) is 24.3 Å². The second-order valence-corrected chi connectivity index (χ2v) is 7.27. The lowest BCUT2D eigenvalue weighted by Crippen LogP contribution is -2.19. The molecule has 0 atom stereocenters. The molecule has 152 valence electrons. The first kappa shape index (κ1) is 19.7. The van der Waals surface area contributed by atoms with Crippen LogP contribution in [0.25, 0.3) is 0 Å². The summed E-state index contributed by atoms with van der Waals surface area (Å²) in [7, 11) is 1.32. The van der Waals surface area contributed by atoms with Gasteiger partial charge in [-0.3, -0.25) is 4.90 Å². The van der Waals surface area contributed by atoms with Gasteiger partial charge in [0, 0.05) is 31.0 Å². The number of nitrogens with one attached hydrogen (secondary N) is 2. The Morgan fingerprint density at radius 2 is 1.60 bits per heavy atom. The molecule has 1 heterocycles. The van der Waals surface area contributed by atoms with E-state index in [9.17, 15) is 9.59 Å². The van der Waals surface area contributed by atoms with Crippen LogP contribution in [0.1, 0.15) is 27.0 Å². The number of ether oxygens (including phenoxy) is 1. The van der Waals surface area contributed by atoms with Crippen LogP contribution in [0.2, 0.25) is 0 Å². The van der Waals surface area contributed by atoms with Crippen molar-refractivity contribution in [2.24, 2.45) is 0 Å². The lowest BCUT2D eigenvalue weighted by molar-refractivity contribution is 0.0600. The molecule has 1 aliphatic heterocycles. The number of carbonyl (C=O) groups is 2. The molecule has 1 aliphatic rings. The number of urea groups is 1. The number of carbonyl (C=O) groups excluding carboxylic acids is 2. The number of amides is 2. The predicted molar refractivity (Wildman–Crippen MR) is 116 cm³/mol. The third kappa shape index (κ3) is 4.67. The van der Waals surface area contributed by atoms with E-state index >= 15 is 0 Å². The molecule has 0 saturated carbocycles. The fourth-order valence-corrected chi connectivity index (χ4v) is 3.63. The summed E-state index contributed by atoms with van der Waals surface area (Å²) in [6.07, 6.45) is 0. The average molecular weight is 401 g/mol. The zero-order valence-electron chi connectivity index (χ0n) is 16.7. The largest absolute Gasteiger partial charge is 0.465 e. The molecular formula is C24H23N3O3. The summed E-state index contributed by atoms with van der Waals surface area (Å²) in [4.78, 5) is 26.4. The number of esters is 1. The van der Waals surface area contributed by atoms with E-state index in [-0.39, 0.29) is 6.03 Å². The molecular weight excluding hydrogens is 378 g/mol. The number of benzene rings is 3. The van der Waals surface area contributed by atoms with Crippen LogP contribution in [0, 0.1) is 0 Å². The summed E-state index contributed by atoms with van der Waals surface area (Å²) in [5, 5.41) is 5.61. The number of rotatable bonds is 5. The fourth-order valence-electron chi connectivity index (χ4n) is 3.63. The summed E-state index contributed by atoms with van der Waals surface area (Å²) < 4.78 is 4.71. The van der Waals surface area contributed by atoms with Crippen LogP contribution in [0.4, 0.5) is 16.2 Å². The molecule has 30 heavy (non-hydrogen) atoms. The molecule has 0 fully saturated rings. The number of anilines is 2. The molecule has 0 saturated heterocycles. The first-order valence-electron chi connectivity index (χ1n) is 9.75. The highest BCUT2D eigenvalue weighted by molar-refractivity contribution is 6.00. The molecule has 2 N–H and O–H groups in total. The van der Waals surface area contributed by atoms with Crippen molar-refractivity contribution in [2.45, 2.75) is 19.6 Å². The first-order valence-corrected chi connectivity index (χ1v) is 9.75. The Balaban J connectivity index is 1.37. The van der Waals surface area contributed by atoms with Crippen LogP contribution < -0.4 is 10.6 Å². The standard InChI is InChI=1S/C24H23N3O3/c1-30-23(28)18-8-5-9-21(12-18)25-24(29)26-22-11-10-19-15-27(16-20(19)13-22)14-17-6-3-2-4-7-17/h2-13H,14-16H2,1H3,(H2,25,26,29). The van der Waals surface area contributed by atoms with E-state index in [1.165, 1.54) is 23.8 Å². The van der Waals surface area contributed by atoms with Gasteiger partial charge in [-0.1, -0.05) is 42.5 Å². The molecule has 3 aromatic rings. The smallest absolute Gasteiger partial charge is 0.337 e. The third-order valence-electron chi connectivity index (χ3n) is 5.04. The topological polar surface area (TPSA) is 70.7 Å². The van der Waals surface area contributed by atoms with E-state index in [1.807, 2.05) is 18.2 Å². The van der Waals surface area contributed by atoms with Crippen molar-refractivity contribution in [3.63, 3.8) is 0 Å². The van der Waals surface area contributed by atoms with Gasteiger partial charge < -0.3 is 15.4 Å². The van der Waals surface area contributed by atoms with Crippen LogP contribution in [0.5, 0.6) is 0 Å². The van der Waals surface area contributed by atoms with Gasteiger partial charge in [0.15, 0.2) is 0 Å². The second-order valence-electron chi connectivity index (χ2n) is 7.27. The van der Waals surface area contributed by atoms with Crippen LogP contribution in [-0.4, -0.2) is 24.0 Å². The normalized spacial score (nSPS) is 12.8. The molecule has 0 aromatic heterocycles. The van der Waals surface area contributed by atoms with Crippen molar-refractivity contribution in [2.75, 3.05) is 17.7 Å². The van der Waals surface area contributed by atoms with Gasteiger partial charge in [-0.05, 0) is 47.0 Å². The van der Waals surface area contributed by atoms with Crippen LogP contribution in [0.3, 0.4) is 0 Å². The first-order chi connectivity index (χ1) is 14.6. The van der Waals surface area contributed by atoms with Crippen molar-refractivity contribution in [1.82, 2.24) is 4.90 Å². The molecule has 0 spiro atoms. The number of nitrogens with zero attached hydrogens (tertiary/aromatic N) is 1. The average Bonchev–Trinajstić information content (AvgIpc) is 3.15. The Morgan fingerprint density at radius 1 is 0.867 bits per heavy atom. The van der Waals surface area contributed by atoms with E-state index in [0.717, 1.165) is 25.3 Å². The lowest BCUT2D eigenvalue weighted by Gasteiger charge is -2.14. The lowest BCUT2D eigenvalue weighted by atomic mass is 10.1. The SMILES string of the molecule is COC(=O)c1cccc(NC(=O)Nc2ccc3c(c2)CN(Cc2ccccc2)C3)c1. The summed E-state index contributed by atoms with van der Waals surface area (Å²) >= 11 is 0. The van der Waals surface area contributed by atoms with Crippen molar-refractivity contribution in [3.8, 4) is 0 Å². The maximum absolute atomic E-state index is 12.4. The summed E-state index contributed by atoms with van der Waals surface area (Å²) in [5.74, 6) is -0.447. The van der Waals surface area contributed by atoms with Crippen LogP contribution in [0.15, 0.2) is 72.8 Å². The number of hydrogen-bond donors (Lipinski definition) is 2. The summed E-state index contributed by atoms with van der Waals surface area (Å²) in [6.45, 7) is 2.65. The Morgan fingerprint density at radius 3 is 2.37 bits per heavy atom. The molecule has 6 nitrogen and oxygen atoms in total. The third-order valence-corrected chi connectivity index (χ3v) is 5.04. The maximum atomic E-state index is 12.4. The Hall–Kier alpha value is -3.64. The molecule has 4 rings (SSSR count). The molecule has 0 unspecified atom stereocenters. The second kappa shape index (κ2) is 8.80. The predicted octanol–water partition coefficient (Wildman–Crippen LogP) is 4.63. The van der Waals surface area contributed by atoms with E-state index in [2.05, 4.69) is 45.9 Å². The van der Waals surface area contributed by atoms with Gasteiger partial charge in [0.2, 0.25) is 0 Å². The van der Waals surface area contributed by atoms with Gasteiger partial charge >= 0.3 is 12.0 Å². The molecule has 0 aliphatic carbocycles. The van der Waals surface area contributed by atoms with Gasteiger partial charge in [-0.15, -0.1) is 0 Å². The minimum Gasteiger partial charge on any atom is -0.465 e. The van der Waals surface area contributed by atoms with E-state index < -0.39 is 5.97 Å². The highest BCUT2D eigenvalue weighted by Crippen LogP contribution is 2.27. The molecule has 2 amide bonds. The summed E-state index contributed by atoms with van der Waals surface area (Å²) in [5.41, 5.74) is 5.42. The Kier molecular flexibility index (Phi) is 5.77. The van der Waals surface area contributed by atoms with Crippen molar-refractivity contribution < 1.29 is 14.3 Å². The minimum atomic E-state index is -0.447. The Bertz CT molecular complexity index is 1070. The zero-order valence-corrected chi connectivity index (χ0v) is 16.7. The quantitative estimate of drug-likeness (QED) is 0.612. The summed E-state index contributed by atoms with van der Waals surface area (Å²) in [6, 6.07) is 22.7. The highest BCUT2D eigenvalue weighted by Gasteiger charge is 2.19. The van der Waals surface area contributed by atoms with Gasteiger partial charge in [0.1, 0.15) is 0 Å². The van der Waals surface area contributed by atoms with Gasteiger partial charge in [0.05, 0.1) is 12.7 Å². The number of fused-ring (bicyclic) bond motifs is 1. The maximum Gasteiger partial charge on any atom is 0.337 e. The molecule has 0 bridgehead atoms. The van der Waals surface area contributed by atoms with Crippen molar-refractivity contribution in [1.29, 1.82) is 0 Å². The molecule has 0 radical (unpaired) electrons. The zero-order chi connectivity index (χ0) is 20.9. The molecule has 6 heteroatoms. The molecule has 3 aromatic carbocycles. The number of methoxy groups -OCH3 is 1. The van der Waals surface area contributed by atoms with Crippen LogP contribution in [-0.2, 0) is 24.4 Å². The van der Waals surface area contributed by atoms with Crippen molar-refractivity contribution in [3.05, 3.63) is 95.1 Å². The van der Waals surface area contributed by atoms with Gasteiger partial charge in [-0.25, -0.2) is 9.59 Å². The van der Waals surface area contributed by atoms with Crippen molar-refractivity contribution >= 4 is 23.4 Å². The highest BCUT2D eigenvalue weighted by atomic mass is 16.5. The minimum absolute atomic E-state index is 0.365. The van der Waals surface area contributed by atoms with E-state index in [4.69, 9.17) is 4.74 Å². The fraction of sp³-hybridized carbons (Fsp3) is 0.167. The monoisotopic (exact) mass is 401 g/mol.